The molecule has 1 unspecified atom stereocenters. The molecule has 0 bridgehead atoms. The third kappa shape index (κ3) is 3.49. The Morgan fingerprint density at radius 3 is 2.70 bits per heavy atom. The van der Waals surface area contributed by atoms with E-state index in [0.717, 1.165) is 12.0 Å². The molecule has 0 N–H and O–H groups in total. The quantitative estimate of drug-likeness (QED) is 0.828. The van der Waals surface area contributed by atoms with E-state index in [9.17, 15) is 4.79 Å². The number of ether oxygens (including phenoxy) is 3. The first kappa shape index (κ1) is 14.8. The molecule has 1 heterocycles. The average molecular weight is 279 g/mol. The fraction of sp³-hybridized carbons (Fsp3) is 0.533. The van der Waals surface area contributed by atoms with Crippen molar-refractivity contribution in [2.24, 2.45) is 0 Å². The van der Waals surface area contributed by atoms with Crippen LogP contribution in [0.2, 0.25) is 0 Å². The van der Waals surface area contributed by atoms with Crippen molar-refractivity contribution in [3.05, 3.63) is 35.9 Å². The summed E-state index contributed by atoms with van der Waals surface area (Å²) in [7, 11) is 3.29. The highest BCUT2D eigenvalue weighted by molar-refractivity contribution is 5.68. The Bertz CT molecular complexity index is 437. The first-order valence-corrected chi connectivity index (χ1v) is 6.69. The Hall–Kier alpha value is -1.59. The molecule has 0 aromatic heterocycles. The Kier molecular flexibility index (Phi) is 4.98. The Balaban J connectivity index is 1.85. The second-order valence-electron chi connectivity index (χ2n) is 5.03. The van der Waals surface area contributed by atoms with E-state index < -0.39 is 5.60 Å². The molecule has 5 nitrogen and oxygen atoms in total. The summed E-state index contributed by atoms with van der Waals surface area (Å²) in [6, 6.07) is 9.65. The minimum Gasteiger partial charge on any atom is -0.445 e. The number of hydrogen-bond acceptors (Lipinski definition) is 4. The standard InChI is InChI=1S/C15H21NO4/c1-18-12-15(19-2)8-9-16(11-15)14(17)20-10-13-6-4-3-5-7-13/h3-7H,8-12H2,1-2H3. The van der Waals surface area contributed by atoms with Crippen molar-refractivity contribution >= 4 is 6.09 Å². The van der Waals surface area contributed by atoms with Crippen LogP contribution in [0.3, 0.4) is 0 Å². The van der Waals surface area contributed by atoms with Crippen molar-refractivity contribution in [1.82, 2.24) is 4.90 Å². The van der Waals surface area contributed by atoms with Crippen LogP contribution in [0.1, 0.15) is 12.0 Å². The van der Waals surface area contributed by atoms with Gasteiger partial charge in [-0.25, -0.2) is 4.79 Å². The number of nitrogens with zero attached hydrogens (tertiary/aromatic N) is 1. The molecule has 1 aromatic rings. The van der Waals surface area contributed by atoms with Gasteiger partial charge >= 0.3 is 6.09 Å². The predicted molar refractivity (Wildman–Crippen MR) is 74.4 cm³/mol. The van der Waals surface area contributed by atoms with Crippen LogP contribution in [0.25, 0.3) is 0 Å². The van der Waals surface area contributed by atoms with Gasteiger partial charge < -0.3 is 19.1 Å². The number of amides is 1. The third-order valence-corrected chi connectivity index (χ3v) is 3.62. The molecular formula is C15H21NO4. The van der Waals surface area contributed by atoms with E-state index in [4.69, 9.17) is 14.2 Å². The molecule has 20 heavy (non-hydrogen) atoms. The number of carbonyl (C=O) groups is 1. The first-order chi connectivity index (χ1) is 9.69. The van der Waals surface area contributed by atoms with Crippen LogP contribution in [0.4, 0.5) is 4.79 Å². The monoisotopic (exact) mass is 279 g/mol. The number of benzene rings is 1. The lowest BCUT2D eigenvalue weighted by atomic mass is 10.1. The van der Waals surface area contributed by atoms with Gasteiger partial charge in [-0.1, -0.05) is 30.3 Å². The summed E-state index contributed by atoms with van der Waals surface area (Å²) in [5, 5.41) is 0. The van der Waals surface area contributed by atoms with Crippen molar-refractivity contribution in [3.8, 4) is 0 Å². The predicted octanol–water partition coefficient (Wildman–Crippen LogP) is 2.06. The van der Waals surface area contributed by atoms with E-state index in [2.05, 4.69) is 0 Å². The smallest absolute Gasteiger partial charge is 0.410 e. The third-order valence-electron chi connectivity index (χ3n) is 3.62. The minimum atomic E-state index is -0.402. The van der Waals surface area contributed by atoms with Gasteiger partial charge in [-0.05, 0) is 12.0 Å². The van der Waals surface area contributed by atoms with Gasteiger partial charge in [0.05, 0.1) is 13.2 Å². The lowest BCUT2D eigenvalue weighted by Crippen LogP contribution is -2.41. The summed E-state index contributed by atoms with van der Waals surface area (Å²) in [5.74, 6) is 0. The van der Waals surface area contributed by atoms with Crippen LogP contribution in [0, 0.1) is 0 Å². The number of likely N-dealkylation sites (tertiary alicyclic amines) is 1. The van der Waals surface area contributed by atoms with Crippen LogP contribution < -0.4 is 0 Å². The molecule has 1 aromatic carbocycles. The topological polar surface area (TPSA) is 48.0 Å². The second kappa shape index (κ2) is 6.72. The maximum absolute atomic E-state index is 12.0. The van der Waals surface area contributed by atoms with Crippen LogP contribution in [-0.2, 0) is 20.8 Å². The molecule has 5 heteroatoms. The number of hydrogen-bond donors (Lipinski definition) is 0. The van der Waals surface area contributed by atoms with E-state index in [0.29, 0.717) is 26.3 Å². The van der Waals surface area contributed by atoms with E-state index >= 15 is 0 Å². The molecule has 0 aliphatic carbocycles. The van der Waals surface area contributed by atoms with E-state index in [1.54, 1.807) is 19.1 Å². The first-order valence-electron chi connectivity index (χ1n) is 6.69. The number of methoxy groups -OCH3 is 2. The normalized spacial score (nSPS) is 22.0. The lowest BCUT2D eigenvalue weighted by molar-refractivity contribution is -0.0551. The largest absolute Gasteiger partial charge is 0.445 e. The van der Waals surface area contributed by atoms with E-state index in [1.807, 2.05) is 30.3 Å². The summed E-state index contributed by atoms with van der Waals surface area (Å²) in [5.41, 5.74) is 0.579. The molecule has 1 aliphatic rings. The Morgan fingerprint density at radius 1 is 1.30 bits per heavy atom. The molecule has 1 fully saturated rings. The van der Waals surface area contributed by atoms with Crippen molar-refractivity contribution in [3.63, 3.8) is 0 Å². The maximum Gasteiger partial charge on any atom is 0.410 e. The van der Waals surface area contributed by atoms with Crippen molar-refractivity contribution in [2.45, 2.75) is 18.6 Å². The molecule has 1 amide bonds. The molecule has 1 aliphatic heterocycles. The molecule has 0 saturated carbocycles. The van der Waals surface area contributed by atoms with Gasteiger partial charge in [0.15, 0.2) is 0 Å². The fourth-order valence-corrected chi connectivity index (χ4v) is 2.42. The van der Waals surface area contributed by atoms with Crippen LogP contribution >= 0.6 is 0 Å². The highest BCUT2D eigenvalue weighted by Crippen LogP contribution is 2.25. The Morgan fingerprint density at radius 2 is 2.05 bits per heavy atom. The van der Waals surface area contributed by atoms with Crippen LogP contribution in [0.15, 0.2) is 30.3 Å². The molecule has 0 radical (unpaired) electrons. The van der Waals surface area contributed by atoms with Crippen molar-refractivity contribution in [1.29, 1.82) is 0 Å². The molecule has 110 valence electrons. The fourth-order valence-electron chi connectivity index (χ4n) is 2.42. The van der Waals surface area contributed by atoms with Gasteiger partial charge in [0, 0.05) is 20.8 Å². The van der Waals surface area contributed by atoms with E-state index in [-0.39, 0.29) is 6.09 Å². The number of rotatable bonds is 5. The van der Waals surface area contributed by atoms with Crippen molar-refractivity contribution in [2.75, 3.05) is 33.9 Å². The lowest BCUT2D eigenvalue weighted by Gasteiger charge is -2.26. The summed E-state index contributed by atoms with van der Waals surface area (Å²) < 4.78 is 16.0. The number of carbonyl (C=O) groups excluding carboxylic acids is 1. The van der Waals surface area contributed by atoms with Gasteiger partial charge in [-0.3, -0.25) is 0 Å². The Labute approximate surface area is 119 Å². The highest BCUT2D eigenvalue weighted by atomic mass is 16.6. The van der Waals surface area contributed by atoms with E-state index in [1.165, 1.54) is 0 Å². The zero-order valence-electron chi connectivity index (χ0n) is 12.0. The molecule has 0 spiro atoms. The van der Waals surface area contributed by atoms with Gasteiger partial charge in [0.2, 0.25) is 0 Å². The zero-order valence-corrected chi connectivity index (χ0v) is 12.0. The summed E-state index contributed by atoms with van der Waals surface area (Å²) in [6.07, 6.45) is 0.460. The van der Waals surface area contributed by atoms with Gasteiger partial charge in [0.1, 0.15) is 12.2 Å². The zero-order chi connectivity index (χ0) is 14.4. The molecular weight excluding hydrogens is 258 g/mol. The van der Waals surface area contributed by atoms with Crippen molar-refractivity contribution < 1.29 is 19.0 Å². The summed E-state index contributed by atoms with van der Waals surface area (Å²) in [4.78, 5) is 13.7. The molecule has 2 rings (SSSR count). The molecule has 1 atom stereocenters. The minimum absolute atomic E-state index is 0.292. The second-order valence-corrected chi connectivity index (χ2v) is 5.03. The highest BCUT2D eigenvalue weighted by Gasteiger charge is 2.40. The molecule has 1 saturated heterocycles. The van der Waals surface area contributed by atoms with Crippen LogP contribution in [0.5, 0.6) is 0 Å². The maximum atomic E-state index is 12.0. The SMILES string of the molecule is COCC1(OC)CCN(C(=O)OCc2ccccc2)C1. The van der Waals surface area contributed by atoms with Gasteiger partial charge in [-0.2, -0.15) is 0 Å². The summed E-state index contributed by atoms with van der Waals surface area (Å²) >= 11 is 0. The van der Waals surface area contributed by atoms with Gasteiger partial charge in [0.25, 0.3) is 0 Å². The van der Waals surface area contributed by atoms with Gasteiger partial charge in [-0.15, -0.1) is 0 Å². The van der Waals surface area contributed by atoms with Crippen LogP contribution in [-0.4, -0.2) is 50.5 Å². The average Bonchev–Trinajstić information content (AvgIpc) is 2.91. The summed E-state index contributed by atoms with van der Waals surface area (Å²) in [6.45, 7) is 1.90.